The molecule has 2 N–H and O–H groups in total. The van der Waals surface area contributed by atoms with Crippen molar-refractivity contribution in [2.75, 3.05) is 11.9 Å². The van der Waals surface area contributed by atoms with E-state index in [-0.39, 0.29) is 13.1 Å². The third kappa shape index (κ3) is 4.64. The first kappa shape index (κ1) is 24.8. The molecule has 10 nitrogen and oxygen atoms in total. The van der Waals surface area contributed by atoms with E-state index in [0.717, 1.165) is 39.2 Å². The molecule has 5 amide bonds. The summed E-state index contributed by atoms with van der Waals surface area (Å²) in [7, 11) is 0. The maximum Gasteiger partial charge on any atom is 0.331 e. The molecule has 5 rings (SSSR count). The van der Waals surface area contributed by atoms with Crippen molar-refractivity contribution in [1.29, 1.82) is 0 Å². The number of nitroso groups, excluding NO2 is 1. The van der Waals surface area contributed by atoms with Gasteiger partial charge in [0.05, 0.1) is 12.0 Å². The molecule has 2 aliphatic rings. The molecule has 37 heavy (non-hydrogen) atoms. The van der Waals surface area contributed by atoms with E-state index >= 15 is 0 Å². The minimum absolute atomic E-state index is 0.157. The summed E-state index contributed by atoms with van der Waals surface area (Å²) in [5.41, 5.74) is 2.18. The zero-order valence-corrected chi connectivity index (χ0v) is 21.2. The number of nitrogens with zero attached hydrogens (tertiary/aromatic N) is 3. The number of nitrogens with one attached hydrogen (secondary N) is 2. The topological polar surface area (TPSA) is 124 Å². The quantitative estimate of drug-likeness (QED) is 0.382. The van der Waals surface area contributed by atoms with E-state index in [1.807, 2.05) is 32.0 Å². The fourth-order valence-corrected chi connectivity index (χ4v) is 4.80. The minimum Gasteiger partial charge on any atom is -0.461 e. The molecule has 11 heteroatoms. The van der Waals surface area contributed by atoms with Crippen molar-refractivity contribution in [2.45, 2.75) is 45.9 Å². The van der Waals surface area contributed by atoms with Gasteiger partial charge in [-0.3, -0.25) is 15.0 Å². The van der Waals surface area contributed by atoms with Crippen LogP contribution in [-0.4, -0.2) is 40.6 Å². The molecule has 1 unspecified atom stereocenters. The van der Waals surface area contributed by atoms with Gasteiger partial charge >= 0.3 is 12.1 Å². The first-order valence-corrected chi connectivity index (χ1v) is 12.4. The highest BCUT2D eigenvalue weighted by molar-refractivity contribution is 6.30. The van der Waals surface area contributed by atoms with Gasteiger partial charge in [-0.15, -0.1) is 4.91 Å². The third-order valence-corrected chi connectivity index (χ3v) is 7.32. The smallest absolute Gasteiger partial charge is 0.331 e. The molecule has 0 bridgehead atoms. The molecular formula is C26H26ClN5O5. The van der Waals surface area contributed by atoms with E-state index in [1.165, 1.54) is 4.90 Å². The van der Waals surface area contributed by atoms with Crippen molar-refractivity contribution in [3.8, 4) is 0 Å². The number of urea groups is 2. The molecule has 3 aromatic rings. The summed E-state index contributed by atoms with van der Waals surface area (Å²) >= 11 is 6.02. The van der Waals surface area contributed by atoms with Gasteiger partial charge in [-0.25, -0.2) is 14.5 Å². The van der Waals surface area contributed by atoms with Gasteiger partial charge in [0.25, 0.3) is 5.91 Å². The Labute approximate surface area is 217 Å². The number of fused-ring (bicyclic) bond motifs is 1. The van der Waals surface area contributed by atoms with Crippen LogP contribution in [0.5, 0.6) is 0 Å². The molecule has 1 aliphatic carbocycles. The van der Waals surface area contributed by atoms with Gasteiger partial charge in [-0.05, 0) is 61.2 Å². The summed E-state index contributed by atoms with van der Waals surface area (Å²) in [4.78, 5) is 52.0. The number of carbonyl (C=O) groups excluding carboxylic acids is 3. The zero-order valence-electron chi connectivity index (χ0n) is 20.4. The number of halogens is 1. The molecular weight excluding hydrogens is 498 g/mol. The largest absolute Gasteiger partial charge is 0.461 e. The second-order valence-electron chi connectivity index (χ2n) is 9.51. The number of hydrogen-bond acceptors (Lipinski definition) is 6. The van der Waals surface area contributed by atoms with Crippen LogP contribution in [0.15, 0.2) is 52.1 Å². The molecule has 0 radical (unpaired) electrons. The van der Waals surface area contributed by atoms with Crippen LogP contribution < -0.4 is 10.6 Å². The van der Waals surface area contributed by atoms with Crippen LogP contribution in [0.2, 0.25) is 5.02 Å². The molecule has 1 aromatic heterocycles. The summed E-state index contributed by atoms with van der Waals surface area (Å²) in [6.07, 6.45) is 0.691. The Bertz CT molecular complexity index is 1400. The summed E-state index contributed by atoms with van der Waals surface area (Å²) in [6, 6.07) is 11.4. The highest BCUT2D eigenvalue weighted by Crippen LogP contribution is 2.48. The van der Waals surface area contributed by atoms with E-state index < -0.39 is 29.7 Å². The summed E-state index contributed by atoms with van der Waals surface area (Å²) in [5, 5.41) is 10.1. The molecule has 1 saturated carbocycles. The Kier molecular flexibility index (Phi) is 6.36. The van der Waals surface area contributed by atoms with Crippen molar-refractivity contribution in [2.24, 2.45) is 10.6 Å². The Morgan fingerprint density at radius 1 is 1.22 bits per heavy atom. The van der Waals surface area contributed by atoms with Crippen LogP contribution in [0.4, 0.5) is 15.3 Å². The van der Waals surface area contributed by atoms with Gasteiger partial charge in [-0.2, -0.15) is 0 Å². The number of aryl methyl sites for hydroxylation is 2. The number of amides is 5. The second-order valence-corrected chi connectivity index (χ2v) is 9.95. The lowest BCUT2D eigenvalue weighted by Crippen LogP contribution is -2.67. The molecule has 1 saturated heterocycles. The average Bonchev–Trinajstić information content (AvgIpc) is 3.62. The number of rotatable bonds is 8. The number of furan rings is 1. The number of imide groups is 1. The highest BCUT2D eigenvalue weighted by atomic mass is 35.5. The van der Waals surface area contributed by atoms with Gasteiger partial charge in [0.2, 0.25) is 0 Å². The van der Waals surface area contributed by atoms with Crippen LogP contribution >= 0.6 is 11.6 Å². The number of anilines is 1. The molecule has 1 atom stereocenters. The van der Waals surface area contributed by atoms with Crippen LogP contribution in [0.3, 0.4) is 0 Å². The summed E-state index contributed by atoms with van der Waals surface area (Å²) in [5.74, 6) is 0.0644. The number of carbonyl (C=O) groups is 3. The van der Waals surface area contributed by atoms with Gasteiger partial charge in [-0.1, -0.05) is 30.7 Å². The Morgan fingerprint density at radius 3 is 2.59 bits per heavy atom. The van der Waals surface area contributed by atoms with Crippen molar-refractivity contribution in [3.05, 3.63) is 69.3 Å². The maximum absolute atomic E-state index is 13.6. The standard InChI is InChI=1S/C26H26ClN5O5/c1-3-20-15(2)19-12-18(8-9-21(19)37-20)28-23-29-24(34)32(14-26(10-11-26)22(33)30-36)25(35)31(23)13-16-4-6-17(27)7-5-16/h4-9,12,23,28H,3,10-11,13-14H2,1-2H3,(H,29,34). The van der Waals surface area contributed by atoms with Gasteiger partial charge in [0.1, 0.15) is 11.3 Å². The lowest BCUT2D eigenvalue weighted by Gasteiger charge is -2.42. The lowest BCUT2D eigenvalue weighted by molar-refractivity contribution is -0.123. The second kappa shape index (κ2) is 9.51. The van der Waals surface area contributed by atoms with Gasteiger partial charge < -0.3 is 9.73 Å². The molecule has 2 aromatic carbocycles. The monoisotopic (exact) mass is 523 g/mol. The number of benzene rings is 2. The van der Waals surface area contributed by atoms with Gasteiger partial charge in [0.15, 0.2) is 6.29 Å². The molecule has 192 valence electrons. The Morgan fingerprint density at radius 2 is 1.95 bits per heavy atom. The SMILES string of the molecule is CCc1oc2ccc(NC3NC(=O)N(CC4(C(=O)N=O)CC4)C(=O)N3Cc3ccc(Cl)cc3)cc2c1C. The average molecular weight is 524 g/mol. The van der Waals surface area contributed by atoms with Crippen molar-refractivity contribution in [3.63, 3.8) is 0 Å². The van der Waals surface area contributed by atoms with Crippen molar-refractivity contribution < 1.29 is 18.8 Å². The minimum atomic E-state index is -1.10. The molecule has 2 fully saturated rings. The van der Waals surface area contributed by atoms with Crippen LogP contribution in [0, 0.1) is 17.2 Å². The maximum atomic E-state index is 13.6. The Balaban J connectivity index is 1.44. The van der Waals surface area contributed by atoms with Crippen LogP contribution in [0.25, 0.3) is 11.0 Å². The van der Waals surface area contributed by atoms with Crippen LogP contribution in [-0.2, 0) is 17.8 Å². The van der Waals surface area contributed by atoms with E-state index in [2.05, 4.69) is 15.8 Å². The summed E-state index contributed by atoms with van der Waals surface area (Å²) in [6.45, 7) is 3.97. The Hall–Kier alpha value is -3.92. The first-order valence-electron chi connectivity index (χ1n) is 12.0. The first-order chi connectivity index (χ1) is 17.7. The highest BCUT2D eigenvalue weighted by Gasteiger charge is 2.55. The fourth-order valence-electron chi connectivity index (χ4n) is 4.67. The zero-order chi connectivity index (χ0) is 26.3. The lowest BCUT2D eigenvalue weighted by atomic mass is 10.1. The van der Waals surface area contributed by atoms with E-state index in [1.54, 1.807) is 24.3 Å². The van der Waals surface area contributed by atoms with E-state index in [4.69, 9.17) is 16.0 Å². The predicted octanol–water partition coefficient (Wildman–Crippen LogP) is 5.37. The van der Waals surface area contributed by atoms with Gasteiger partial charge in [0, 0.05) is 34.2 Å². The molecule has 2 heterocycles. The predicted molar refractivity (Wildman–Crippen MR) is 138 cm³/mol. The normalized spacial score (nSPS) is 18.6. The fraction of sp³-hybridized carbons (Fsp3) is 0.346. The van der Waals surface area contributed by atoms with E-state index in [9.17, 15) is 19.3 Å². The summed E-state index contributed by atoms with van der Waals surface area (Å²) < 4.78 is 5.89. The van der Waals surface area contributed by atoms with Crippen molar-refractivity contribution in [1.82, 2.24) is 15.1 Å². The third-order valence-electron chi connectivity index (χ3n) is 7.07. The van der Waals surface area contributed by atoms with E-state index in [0.29, 0.717) is 23.6 Å². The number of hydrogen-bond donors (Lipinski definition) is 2. The van der Waals surface area contributed by atoms with Crippen LogP contribution in [0.1, 0.15) is 36.7 Å². The van der Waals surface area contributed by atoms with Crippen molar-refractivity contribution >= 4 is 46.2 Å². The molecule has 1 aliphatic heterocycles. The molecule has 0 spiro atoms.